The van der Waals surface area contributed by atoms with Crippen LogP contribution in [0.5, 0.6) is 17.2 Å². The smallest absolute Gasteiger partial charge is 0.294 e. The minimum absolute atomic E-state index is 0.119. The highest BCUT2D eigenvalue weighted by molar-refractivity contribution is 9.10. The highest BCUT2D eigenvalue weighted by Crippen LogP contribution is 2.39. The average molecular weight is 644 g/mol. The maximum Gasteiger partial charge on any atom is 0.294 e. The normalized spacial score (nSPS) is 13.8. The molecule has 4 amide bonds. The number of thioether (sulfide) groups is 1. The van der Waals surface area contributed by atoms with Gasteiger partial charge in [-0.05, 0) is 100.0 Å². The molecular formula is C28H23BrFN3O7S. The minimum atomic E-state index is -0.613. The molecule has 4 rings (SSSR count). The van der Waals surface area contributed by atoms with Crippen LogP contribution in [-0.2, 0) is 14.4 Å². The van der Waals surface area contributed by atoms with Crippen molar-refractivity contribution in [3.8, 4) is 17.2 Å². The summed E-state index contributed by atoms with van der Waals surface area (Å²) >= 11 is 4.10. The highest BCUT2D eigenvalue weighted by atomic mass is 79.9. The largest absolute Gasteiger partial charge is 0.497 e. The molecule has 0 bridgehead atoms. The molecule has 13 heteroatoms. The monoisotopic (exact) mass is 643 g/mol. The third-order valence-electron chi connectivity index (χ3n) is 5.57. The van der Waals surface area contributed by atoms with E-state index in [-0.39, 0.29) is 23.0 Å². The van der Waals surface area contributed by atoms with Gasteiger partial charge in [-0.1, -0.05) is 0 Å². The Balaban J connectivity index is 1.40. The molecule has 1 heterocycles. The van der Waals surface area contributed by atoms with Crippen molar-refractivity contribution in [2.75, 3.05) is 38.0 Å². The Bertz CT molecular complexity index is 1510. The molecule has 0 aliphatic carbocycles. The van der Waals surface area contributed by atoms with Crippen molar-refractivity contribution in [3.05, 3.63) is 81.4 Å². The van der Waals surface area contributed by atoms with Crippen LogP contribution in [-0.4, -0.2) is 55.2 Å². The number of rotatable bonds is 10. The lowest BCUT2D eigenvalue weighted by molar-refractivity contribution is -0.127. The first-order valence-electron chi connectivity index (χ1n) is 11.9. The number of imide groups is 1. The van der Waals surface area contributed by atoms with Gasteiger partial charge in [-0.25, -0.2) is 4.39 Å². The number of hydrogen-bond acceptors (Lipinski definition) is 8. The molecule has 1 aliphatic heterocycles. The Labute approximate surface area is 247 Å². The van der Waals surface area contributed by atoms with Crippen LogP contribution in [0.25, 0.3) is 6.08 Å². The summed E-state index contributed by atoms with van der Waals surface area (Å²) in [5.41, 5.74) is 1.41. The Morgan fingerprint density at radius 2 is 1.59 bits per heavy atom. The second-order valence-electron chi connectivity index (χ2n) is 8.42. The van der Waals surface area contributed by atoms with Gasteiger partial charge >= 0.3 is 0 Å². The first-order chi connectivity index (χ1) is 19.7. The summed E-state index contributed by atoms with van der Waals surface area (Å²) in [5.74, 6) is -0.923. The number of amides is 4. The summed E-state index contributed by atoms with van der Waals surface area (Å²) in [5, 5.41) is 4.66. The van der Waals surface area contributed by atoms with Crippen molar-refractivity contribution in [2.24, 2.45) is 0 Å². The fourth-order valence-electron chi connectivity index (χ4n) is 3.64. The molecule has 2 N–H and O–H groups in total. The van der Waals surface area contributed by atoms with E-state index in [1.54, 1.807) is 36.4 Å². The molecule has 0 atom stereocenters. The summed E-state index contributed by atoms with van der Waals surface area (Å²) in [4.78, 5) is 51.2. The number of hydrogen-bond donors (Lipinski definition) is 2. The number of nitrogens with one attached hydrogen (secondary N) is 2. The lowest BCUT2D eigenvalue weighted by atomic mass is 10.2. The van der Waals surface area contributed by atoms with Crippen molar-refractivity contribution in [3.63, 3.8) is 0 Å². The second kappa shape index (κ2) is 13.3. The fourth-order valence-corrected chi connectivity index (χ4v) is 5.05. The van der Waals surface area contributed by atoms with Crippen molar-refractivity contribution < 1.29 is 37.8 Å². The van der Waals surface area contributed by atoms with E-state index in [1.165, 1.54) is 44.6 Å². The zero-order valence-electron chi connectivity index (χ0n) is 21.7. The van der Waals surface area contributed by atoms with E-state index in [2.05, 4.69) is 26.6 Å². The van der Waals surface area contributed by atoms with Gasteiger partial charge in [-0.2, -0.15) is 0 Å². The Kier molecular flexibility index (Phi) is 9.63. The van der Waals surface area contributed by atoms with Crippen LogP contribution in [0.2, 0.25) is 0 Å². The molecule has 10 nitrogen and oxygen atoms in total. The number of methoxy groups -OCH3 is 2. The van der Waals surface area contributed by atoms with Gasteiger partial charge in [0.05, 0.1) is 23.6 Å². The standard InChI is InChI=1S/C28H23BrFN3O7S/c1-38-20-9-7-19(8-10-20)31-24(34)14-33-27(36)23(41-28(33)37)13-16-11-21(29)26(22(12-16)39-2)40-15-25(35)32-18-5-3-17(30)4-6-18/h3-13H,14-15H2,1-2H3,(H,31,34)(H,32,35)/b23-13+. The molecule has 3 aromatic carbocycles. The predicted molar refractivity (Wildman–Crippen MR) is 156 cm³/mol. The number of carbonyl (C=O) groups excluding carboxylic acids is 4. The van der Waals surface area contributed by atoms with Gasteiger partial charge in [0.15, 0.2) is 18.1 Å². The molecule has 3 aromatic rings. The maximum atomic E-state index is 13.1. The topological polar surface area (TPSA) is 123 Å². The van der Waals surface area contributed by atoms with Crippen molar-refractivity contribution >= 4 is 68.1 Å². The number of anilines is 2. The van der Waals surface area contributed by atoms with Crippen LogP contribution in [0.4, 0.5) is 20.6 Å². The predicted octanol–water partition coefficient (Wildman–Crippen LogP) is 5.30. The van der Waals surface area contributed by atoms with Gasteiger partial charge in [0.1, 0.15) is 18.1 Å². The molecule has 212 valence electrons. The quantitative estimate of drug-likeness (QED) is 0.285. The zero-order valence-corrected chi connectivity index (χ0v) is 24.1. The first-order valence-corrected chi connectivity index (χ1v) is 13.5. The molecule has 0 radical (unpaired) electrons. The van der Waals surface area contributed by atoms with Gasteiger partial charge in [0.2, 0.25) is 5.91 Å². The van der Waals surface area contributed by atoms with Gasteiger partial charge in [-0.3, -0.25) is 24.1 Å². The third kappa shape index (κ3) is 7.64. The van der Waals surface area contributed by atoms with Crippen molar-refractivity contribution in [1.82, 2.24) is 4.90 Å². The lowest BCUT2D eigenvalue weighted by Gasteiger charge is -2.14. The molecule has 41 heavy (non-hydrogen) atoms. The van der Waals surface area contributed by atoms with Gasteiger partial charge in [-0.15, -0.1) is 0 Å². The number of carbonyl (C=O) groups is 4. The van der Waals surface area contributed by atoms with E-state index in [1.807, 2.05) is 0 Å². The Morgan fingerprint density at radius 3 is 2.22 bits per heavy atom. The Hall–Kier alpha value is -4.36. The van der Waals surface area contributed by atoms with E-state index in [0.717, 1.165) is 4.90 Å². The molecule has 0 aromatic heterocycles. The van der Waals surface area contributed by atoms with Crippen LogP contribution in [0.3, 0.4) is 0 Å². The summed E-state index contributed by atoms with van der Waals surface area (Å²) in [7, 11) is 2.93. The third-order valence-corrected chi connectivity index (χ3v) is 7.07. The lowest BCUT2D eigenvalue weighted by Crippen LogP contribution is -2.36. The van der Waals surface area contributed by atoms with Crippen molar-refractivity contribution in [2.45, 2.75) is 0 Å². The zero-order chi connectivity index (χ0) is 29.5. The van der Waals surface area contributed by atoms with Crippen LogP contribution in [0.1, 0.15) is 5.56 Å². The Morgan fingerprint density at radius 1 is 0.951 bits per heavy atom. The van der Waals surface area contributed by atoms with E-state index < -0.39 is 35.3 Å². The summed E-state index contributed by atoms with van der Waals surface area (Å²) < 4.78 is 29.6. The molecule has 1 fully saturated rings. The fraction of sp³-hybridized carbons (Fsp3) is 0.143. The second-order valence-corrected chi connectivity index (χ2v) is 10.3. The number of nitrogens with zero attached hydrogens (tertiary/aromatic N) is 1. The van der Waals surface area contributed by atoms with Crippen molar-refractivity contribution in [1.29, 1.82) is 0 Å². The molecule has 1 saturated heterocycles. The van der Waals surface area contributed by atoms with E-state index in [4.69, 9.17) is 14.2 Å². The van der Waals surface area contributed by atoms with E-state index in [0.29, 0.717) is 38.9 Å². The molecule has 0 spiro atoms. The first kappa shape index (κ1) is 29.6. The molecule has 0 unspecified atom stereocenters. The van der Waals surface area contributed by atoms with Gasteiger partial charge in [0, 0.05) is 11.4 Å². The van der Waals surface area contributed by atoms with Crippen LogP contribution in [0, 0.1) is 5.82 Å². The van der Waals surface area contributed by atoms with Crippen LogP contribution < -0.4 is 24.8 Å². The number of benzene rings is 3. The average Bonchev–Trinajstić information content (AvgIpc) is 3.20. The minimum Gasteiger partial charge on any atom is -0.497 e. The number of ether oxygens (including phenoxy) is 3. The summed E-state index contributed by atoms with van der Waals surface area (Å²) in [6.07, 6.45) is 1.49. The summed E-state index contributed by atoms with van der Waals surface area (Å²) in [6.45, 7) is -0.809. The molecule has 1 aliphatic rings. The van der Waals surface area contributed by atoms with E-state index >= 15 is 0 Å². The maximum absolute atomic E-state index is 13.1. The molecular weight excluding hydrogens is 621 g/mol. The number of halogens is 2. The van der Waals surface area contributed by atoms with Crippen LogP contribution in [0.15, 0.2) is 70.0 Å². The summed E-state index contributed by atoms with van der Waals surface area (Å²) in [6, 6.07) is 15.1. The van der Waals surface area contributed by atoms with E-state index in [9.17, 15) is 23.6 Å². The SMILES string of the molecule is COc1ccc(NC(=O)CN2C(=O)S/C(=C/c3cc(Br)c(OCC(=O)Nc4ccc(F)cc4)c(OC)c3)C2=O)cc1. The highest BCUT2D eigenvalue weighted by Gasteiger charge is 2.36. The van der Waals surface area contributed by atoms with Crippen LogP contribution >= 0.6 is 27.7 Å². The van der Waals surface area contributed by atoms with Gasteiger partial charge < -0.3 is 24.8 Å². The van der Waals surface area contributed by atoms with Gasteiger partial charge in [0.25, 0.3) is 17.1 Å². The molecule has 0 saturated carbocycles.